The Balaban J connectivity index is 1.92. The molecule has 0 radical (unpaired) electrons. The summed E-state index contributed by atoms with van der Waals surface area (Å²) in [5.41, 5.74) is 12.8. The first kappa shape index (κ1) is 15.1. The van der Waals surface area contributed by atoms with Crippen molar-refractivity contribution in [2.75, 3.05) is 5.73 Å². The molecule has 1 nitrogen and oxygen atoms in total. The Hall–Kier alpha value is -1.76. The van der Waals surface area contributed by atoms with Crippen LogP contribution < -0.4 is 5.73 Å². The molecule has 0 spiro atoms. The highest BCUT2D eigenvalue weighted by Gasteiger charge is 2.30. The largest absolute Gasteiger partial charge is 0.399 e. The zero-order valence-electron chi connectivity index (χ0n) is 13.9. The minimum Gasteiger partial charge on any atom is -0.399 e. The molecule has 2 N–H and O–H groups in total. The maximum atomic E-state index is 5.95. The summed E-state index contributed by atoms with van der Waals surface area (Å²) in [6.07, 6.45) is 7.79. The van der Waals surface area contributed by atoms with Gasteiger partial charge in [-0.25, -0.2) is 0 Å². The standard InChI is InChI=1S/C21H27N/c1-16-14-17(10-11-20(16)22)15-18-8-4-5-9-19(18)21(2)12-6-3-7-13-21/h4-5,8-11,14H,3,6-7,12-13,15,22H2,1-2H3. The van der Waals surface area contributed by atoms with Crippen LogP contribution in [0.15, 0.2) is 42.5 Å². The highest BCUT2D eigenvalue weighted by molar-refractivity contribution is 5.49. The third-order valence-corrected chi connectivity index (χ3v) is 5.35. The summed E-state index contributed by atoms with van der Waals surface area (Å²) in [6.45, 7) is 4.55. The van der Waals surface area contributed by atoms with Crippen LogP contribution in [0.5, 0.6) is 0 Å². The molecule has 22 heavy (non-hydrogen) atoms. The predicted octanol–water partition coefficient (Wildman–Crippen LogP) is 5.39. The van der Waals surface area contributed by atoms with Crippen LogP contribution in [0.25, 0.3) is 0 Å². The number of nitrogens with two attached hydrogens (primary N) is 1. The lowest BCUT2D eigenvalue weighted by molar-refractivity contribution is 0.318. The van der Waals surface area contributed by atoms with E-state index in [1.165, 1.54) is 48.8 Å². The number of nitrogen functional groups attached to an aromatic ring is 1. The van der Waals surface area contributed by atoms with E-state index >= 15 is 0 Å². The molecule has 2 aromatic rings. The van der Waals surface area contributed by atoms with Crippen LogP contribution in [-0.2, 0) is 11.8 Å². The number of anilines is 1. The minimum absolute atomic E-state index is 0.359. The third kappa shape index (κ3) is 3.04. The van der Waals surface area contributed by atoms with Crippen LogP contribution in [-0.4, -0.2) is 0 Å². The first-order valence-electron chi connectivity index (χ1n) is 8.52. The van der Waals surface area contributed by atoms with Crippen LogP contribution in [0.1, 0.15) is 61.3 Å². The molecule has 1 heteroatoms. The van der Waals surface area contributed by atoms with Gasteiger partial charge in [0, 0.05) is 5.69 Å². The zero-order chi connectivity index (χ0) is 15.6. The quantitative estimate of drug-likeness (QED) is 0.754. The van der Waals surface area contributed by atoms with Gasteiger partial charge in [0.25, 0.3) is 0 Å². The summed E-state index contributed by atoms with van der Waals surface area (Å²) in [5, 5.41) is 0. The van der Waals surface area contributed by atoms with E-state index in [1.807, 2.05) is 6.07 Å². The van der Waals surface area contributed by atoms with E-state index in [9.17, 15) is 0 Å². The summed E-state index contributed by atoms with van der Waals surface area (Å²) in [4.78, 5) is 0. The molecule has 0 aliphatic heterocycles. The molecular formula is C21H27N. The molecule has 0 saturated heterocycles. The Morgan fingerprint density at radius 3 is 2.45 bits per heavy atom. The van der Waals surface area contributed by atoms with Crippen molar-refractivity contribution in [3.8, 4) is 0 Å². The van der Waals surface area contributed by atoms with Crippen molar-refractivity contribution in [3.05, 3.63) is 64.7 Å². The lowest BCUT2D eigenvalue weighted by Gasteiger charge is -2.36. The van der Waals surface area contributed by atoms with Crippen LogP contribution in [0.3, 0.4) is 0 Å². The van der Waals surface area contributed by atoms with Crippen LogP contribution in [0.2, 0.25) is 0 Å². The molecule has 0 atom stereocenters. The first-order valence-corrected chi connectivity index (χ1v) is 8.52. The topological polar surface area (TPSA) is 26.0 Å². The number of hydrogen-bond donors (Lipinski definition) is 1. The normalized spacial score (nSPS) is 17.4. The summed E-state index contributed by atoms with van der Waals surface area (Å²) in [7, 11) is 0. The van der Waals surface area contributed by atoms with Crippen molar-refractivity contribution in [3.63, 3.8) is 0 Å². The van der Waals surface area contributed by atoms with Gasteiger partial charge in [-0.3, -0.25) is 0 Å². The van der Waals surface area contributed by atoms with E-state index in [-0.39, 0.29) is 0 Å². The average molecular weight is 293 g/mol. The molecule has 2 aromatic carbocycles. The second kappa shape index (κ2) is 6.16. The molecule has 0 unspecified atom stereocenters. The van der Waals surface area contributed by atoms with E-state index in [0.29, 0.717) is 5.41 Å². The highest BCUT2D eigenvalue weighted by atomic mass is 14.5. The van der Waals surface area contributed by atoms with E-state index in [4.69, 9.17) is 5.73 Å². The molecule has 0 bridgehead atoms. The van der Waals surface area contributed by atoms with E-state index in [2.05, 4.69) is 50.2 Å². The molecule has 1 aliphatic carbocycles. The Bertz CT molecular complexity index is 651. The monoisotopic (exact) mass is 293 g/mol. The summed E-state index contributed by atoms with van der Waals surface area (Å²) in [5.74, 6) is 0. The number of aryl methyl sites for hydroxylation is 1. The lowest BCUT2D eigenvalue weighted by Crippen LogP contribution is -2.26. The SMILES string of the molecule is Cc1cc(Cc2ccccc2C2(C)CCCCC2)ccc1N. The van der Waals surface area contributed by atoms with Gasteiger partial charge in [0.1, 0.15) is 0 Å². The van der Waals surface area contributed by atoms with Gasteiger partial charge in [-0.15, -0.1) is 0 Å². The molecule has 1 aliphatic rings. The van der Waals surface area contributed by atoms with Crippen LogP contribution in [0, 0.1) is 6.92 Å². The zero-order valence-corrected chi connectivity index (χ0v) is 13.9. The number of hydrogen-bond acceptors (Lipinski definition) is 1. The van der Waals surface area contributed by atoms with Crippen LogP contribution in [0.4, 0.5) is 5.69 Å². The average Bonchev–Trinajstić information content (AvgIpc) is 2.52. The molecule has 0 amide bonds. The van der Waals surface area contributed by atoms with Crippen molar-refractivity contribution in [2.45, 2.75) is 57.8 Å². The smallest absolute Gasteiger partial charge is 0.0343 e. The fourth-order valence-electron chi connectivity index (χ4n) is 3.93. The van der Waals surface area contributed by atoms with E-state index < -0.39 is 0 Å². The molecule has 0 aromatic heterocycles. The van der Waals surface area contributed by atoms with Crippen molar-refractivity contribution in [1.82, 2.24) is 0 Å². The summed E-state index contributed by atoms with van der Waals surface area (Å²) >= 11 is 0. The van der Waals surface area contributed by atoms with Crippen molar-refractivity contribution in [1.29, 1.82) is 0 Å². The number of rotatable bonds is 3. The molecule has 0 heterocycles. The second-order valence-electron chi connectivity index (χ2n) is 7.15. The molecule has 116 valence electrons. The molecular weight excluding hydrogens is 266 g/mol. The van der Waals surface area contributed by atoms with Gasteiger partial charge < -0.3 is 5.73 Å². The second-order valence-corrected chi connectivity index (χ2v) is 7.15. The van der Waals surface area contributed by atoms with Crippen LogP contribution >= 0.6 is 0 Å². The van der Waals surface area contributed by atoms with Gasteiger partial charge in [0.15, 0.2) is 0 Å². The maximum absolute atomic E-state index is 5.95. The molecule has 1 saturated carbocycles. The summed E-state index contributed by atoms with van der Waals surface area (Å²) < 4.78 is 0. The van der Waals surface area contributed by atoms with Gasteiger partial charge in [-0.2, -0.15) is 0 Å². The lowest BCUT2D eigenvalue weighted by atomic mass is 9.69. The predicted molar refractivity (Wildman–Crippen MR) is 95.3 cm³/mol. The van der Waals surface area contributed by atoms with E-state index in [1.54, 1.807) is 5.56 Å². The van der Waals surface area contributed by atoms with Crippen molar-refractivity contribution < 1.29 is 0 Å². The fraction of sp³-hybridized carbons (Fsp3) is 0.429. The Kier molecular flexibility index (Phi) is 4.24. The van der Waals surface area contributed by atoms with Gasteiger partial charge in [0.2, 0.25) is 0 Å². The van der Waals surface area contributed by atoms with E-state index in [0.717, 1.165) is 12.1 Å². The Morgan fingerprint density at radius 1 is 1.00 bits per heavy atom. The van der Waals surface area contributed by atoms with Gasteiger partial charge in [0.05, 0.1) is 0 Å². The minimum atomic E-state index is 0.359. The highest BCUT2D eigenvalue weighted by Crippen LogP contribution is 2.40. The Labute approximate surface area is 134 Å². The molecule has 1 fully saturated rings. The fourth-order valence-corrected chi connectivity index (χ4v) is 3.93. The van der Waals surface area contributed by atoms with Crippen molar-refractivity contribution in [2.24, 2.45) is 0 Å². The third-order valence-electron chi connectivity index (χ3n) is 5.35. The van der Waals surface area contributed by atoms with Crippen molar-refractivity contribution >= 4 is 5.69 Å². The summed E-state index contributed by atoms with van der Waals surface area (Å²) in [6, 6.07) is 15.5. The molecule has 3 rings (SSSR count). The van der Waals surface area contributed by atoms with Gasteiger partial charge in [-0.1, -0.05) is 62.6 Å². The van der Waals surface area contributed by atoms with Gasteiger partial charge >= 0.3 is 0 Å². The first-order chi connectivity index (χ1) is 10.6. The number of benzene rings is 2. The maximum Gasteiger partial charge on any atom is 0.0343 e. The Morgan fingerprint density at radius 2 is 1.73 bits per heavy atom. The van der Waals surface area contributed by atoms with Gasteiger partial charge in [-0.05, 0) is 59.9 Å².